The standard InChI is InChI=1S/C5H8N2O/c1-3-8-4-2-5(1)6-7-5/h1-4H2. The van der Waals surface area contributed by atoms with Gasteiger partial charge in [-0.1, -0.05) is 0 Å². The average Bonchev–Trinajstić information content (AvgIpc) is 2.52. The zero-order valence-electron chi connectivity index (χ0n) is 4.63. The lowest BCUT2D eigenvalue weighted by molar-refractivity contribution is 0.0754. The van der Waals surface area contributed by atoms with Crippen LogP contribution in [0.4, 0.5) is 0 Å². The van der Waals surface area contributed by atoms with Gasteiger partial charge >= 0.3 is 0 Å². The second kappa shape index (κ2) is 1.29. The molecule has 2 heterocycles. The van der Waals surface area contributed by atoms with Crippen LogP contribution in [0.25, 0.3) is 0 Å². The van der Waals surface area contributed by atoms with E-state index in [-0.39, 0.29) is 5.66 Å². The lowest BCUT2D eigenvalue weighted by Crippen LogP contribution is -2.22. The van der Waals surface area contributed by atoms with Crippen LogP contribution in [-0.2, 0) is 4.74 Å². The molecule has 0 aromatic heterocycles. The molecule has 0 bridgehead atoms. The van der Waals surface area contributed by atoms with Crippen molar-refractivity contribution in [3.8, 4) is 0 Å². The third kappa shape index (κ3) is 0.545. The number of hydrogen-bond acceptors (Lipinski definition) is 3. The summed E-state index contributed by atoms with van der Waals surface area (Å²) >= 11 is 0. The molecule has 0 amide bonds. The van der Waals surface area contributed by atoms with E-state index >= 15 is 0 Å². The Bertz CT molecular complexity index is 118. The molecule has 2 aliphatic rings. The lowest BCUT2D eigenvalue weighted by Gasteiger charge is -2.15. The summed E-state index contributed by atoms with van der Waals surface area (Å²) in [6.45, 7) is 1.68. The Morgan fingerprint density at radius 2 is 1.75 bits per heavy atom. The maximum absolute atomic E-state index is 5.13. The first-order valence-corrected chi connectivity index (χ1v) is 2.93. The van der Waals surface area contributed by atoms with E-state index in [1.54, 1.807) is 0 Å². The zero-order chi connectivity index (χ0) is 5.45. The highest BCUT2D eigenvalue weighted by Gasteiger charge is 2.41. The van der Waals surface area contributed by atoms with Gasteiger partial charge in [-0.05, 0) is 0 Å². The first-order chi connectivity index (χ1) is 3.91. The molecule has 2 aliphatic heterocycles. The fourth-order valence-electron chi connectivity index (χ4n) is 0.969. The molecule has 0 aromatic carbocycles. The molecular formula is C5H8N2O. The summed E-state index contributed by atoms with van der Waals surface area (Å²) in [5.74, 6) is 0. The van der Waals surface area contributed by atoms with Crippen LogP contribution in [-0.4, -0.2) is 18.9 Å². The molecular weight excluding hydrogens is 104 g/mol. The summed E-state index contributed by atoms with van der Waals surface area (Å²) in [4.78, 5) is 0. The quantitative estimate of drug-likeness (QED) is 0.459. The summed E-state index contributed by atoms with van der Waals surface area (Å²) in [5, 5.41) is 7.88. The maximum atomic E-state index is 5.13. The highest BCUT2D eigenvalue weighted by Crippen LogP contribution is 2.37. The first kappa shape index (κ1) is 4.44. The van der Waals surface area contributed by atoms with Gasteiger partial charge in [0.2, 0.25) is 0 Å². The summed E-state index contributed by atoms with van der Waals surface area (Å²) < 4.78 is 5.13. The van der Waals surface area contributed by atoms with Gasteiger partial charge in [0.25, 0.3) is 0 Å². The third-order valence-corrected chi connectivity index (χ3v) is 1.68. The minimum absolute atomic E-state index is 0.0538. The van der Waals surface area contributed by atoms with Gasteiger partial charge in [-0.25, -0.2) is 0 Å². The van der Waals surface area contributed by atoms with Gasteiger partial charge in [-0.15, -0.1) is 0 Å². The zero-order valence-corrected chi connectivity index (χ0v) is 4.63. The van der Waals surface area contributed by atoms with Gasteiger partial charge in [0.15, 0.2) is 5.66 Å². The average molecular weight is 112 g/mol. The van der Waals surface area contributed by atoms with Gasteiger partial charge in [-0.2, -0.15) is 10.2 Å². The fraction of sp³-hybridized carbons (Fsp3) is 1.00. The summed E-state index contributed by atoms with van der Waals surface area (Å²) in [6.07, 6.45) is 2.01. The van der Waals surface area contributed by atoms with Crippen LogP contribution in [0, 0.1) is 0 Å². The molecule has 1 fully saturated rings. The molecule has 0 unspecified atom stereocenters. The van der Waals surface area contributed by atoms with E-state index in [0.717, 1.165) is 26.1 Å². The minimum Gasteiger partial charge on any atom is -0.381 e. The highest BCUT2D eigenvalue weighted by atomic mass is 16.5. The van der Waals surface area contributed by atoms with Crippen LogP contribution in [0.3, 0.4) is 0 Å². The smallest absolute Gasteiger partial charge is 0.195 e. The second-order valence-electron chi connectivity index (χ2n) is 2.29. The maximum Gasteiger partial charge on any atom is 0.195 e. The normalized spacial score (nSPS) is 31.0. The largest absolute Gasteiger partial charge is 0.381 e. The van der Waals surface area contributed by atoms with Crippen molar-refractivity contribution in [3.05, 3.63) is 0 Å². The summed E-state index contributed by atoms with van der Waals surface area (Å²) in [5.41, 5.74) is 0.0538. The van der Waals surface area contributed by atoms with E-state index in [1.165, 1.54) is 0 Å². The van der Waals surface area contributed by atoms with E-state index in [9.17, 15) is 0 Å². The van der Waals surface area contributed by atoms with Crippen LogP contribution in [0.5, 0.6) is 0 Å². The second-order valence-corrected chi connectivity index (χ2v) is 2.29. The molecule has 0 atom stereocenters. The lowest BCUT2D eigenvalue weighted by atomic mass is 10.1. The van der Waals surface area contributed by atoms with Crippen molar-refractivity contribution in [1.29, 1.82) is 0 Å². The Morgan fingerprint density at radius 3 is 2.12 bits per heavy atom. The van der Waals surface area contributed by atoms with Crippen LogP contribution in [0.2, 0.25) is 0 Å². The van der Waals surface area contributed by atoms with Crippen molar-refractivity contribution in [2.75, 3.05) is 13.2 Å². The van der Waals surface area contributed by atoms with E-state index < -0.39 is 0 Å². The van der Waals surface area contributed by atoms with Crippen LogP contribution in [0.15, 0.2) is 10.2 Å². The summed E-state index contributed by atoms with van der Waals surface area (Å²) in [6, 6.07) is 0. The van der Waals surface area contributed by atoms with E-state index in [4.69, 9.17) is 4.74 Å². The van der Waals surface area contributed by atoms with Gasteiger partial charge in [0.05, 0.1) is 13.2 Å². The van der Waals surface area contributed by atoms with E-state index in [2.05, 4.69) is 10.2 Å². The predicted octanol–water partition coefficient (Wildman–Crippen LogP) is 0.959. The molecule has 0 aromatic rings. The summed E-state index contributed by atoms with van der Waals surface area (Å²) in [7, 11) is 0. The number of hydrogen-bond donors (Lipinski definition) is 0. The van der Waals surface area contributed by atoms with Crippen molar-refractivity contribution in [2.24, 2.45) is 10.2 Å². The SMILES string of the molecule is C1CC2(CCO1)N=N2. The van der Waals surface area contributed by atoms with Crippen LogP contribution >= 0.6 is 0 Å². The van der Waals surface area contributed by atoms with Crippen molar-refractivity contribution in [2.45, 2.75) is 18.5 Å². The Balaban J connectivity index is 1.96. The molecule has 3 nitrogen and oxygen atoms in total. The predicted molar refractivity (Wildman–Crippen MR) is 27.6 cm³/mol. The van der Waals surface area contributed by atoms with Gasteiger partial charge < -0.3 is 4.74 Å². The number of ether oxygens (including phenoxy) is 1. The Kier molecular flexibility index (Phi) is 0.713. The van der Waals surface area contributed by atoms with Gasteiger partial charge in [0, 0.05) is 12.8 Å². The molecule has 2 rings (SSSR count). The van der Waals surface area contributed by atoms with Crippen molar-refractivity contribution >= 4 is 0 Å². The van der Waals surface area contributed by atoms with Crippen LogP contribution < -0.4 is 0 Å². The van der Waals surface area contributed by atoms with E-state index in [0.29, 0.717) is 0 Å². The topological polar surface area (TPSA) is 34.0 Å². The molecule has 0 saturated carbocycles. The molecule has 0 radical (unpaired) electrons. The number of rotatable bonds is 0. The Morgan fingerprint density at radius 1 is 1.12 bits per heavy atom. The van der Waals surface area contributed by atoms with Gasteiger partial charge in [0.1, 0.15) is 0 Å². The molecule has 3 heteroatoms. The molecule has 8 heavy (non-hydrogen) atoms. The van der Waals surface area contributed by atoms with Crippen molar-refractivity contribution in [1.82, 2.24) is 0 Å². The molecule has 1 spiro atoms. The molecule has 0 aliphatic carbocycles. The highest BCUT2D eigenvalue weighted by molar-refractivity contribution is 4.94. The molecule has 1 saturated heterocycles. The fourth-order valence-corrected chi connectivity index (χ4v) is 0.969. The van der Waals surface area contributed by atoms with Gasteiger partial charge in [-0.3, -0.25) is 0 Å². The minimum atomic E-state index is 0.0538. The van der Waals surface area contributed by atoms with Crippen molar-refractivity contribution in [3.63, 3.8) is 0 Å². The number of nitrogens with zero attached hydrogens (tertiary/aromatic N) is 2. The first-order valence-electron chi connectivity index (χ1n) is 2.93. The Labute approximate surface area is 47.7 Å². The van der Waals surface area contributed by atoms with Crippen molar-refractivity contribution < 1.29 is 4.74 Å². The van der Waals surface area contributed by atoms with E-state index in [1.807, 2.05) is 0 Å². The Hall–Kier alpha value is -0.440. The molecule has 44 valence electrons. The molecule has 0 N–H and O–H groups in total. The monoisotopic (exact) mass is 112 g/mol. The third-order valence-electron chi connectivity index (χ3n) is 1.68. The van der Waals surface area contributed by atoms with Crippen LogP contribution in [0.1, 0.15) is 12.8 Å².